The first-order chi connectivity index (χ1) is 14.3. The van der Waals surface area contributed by atoms with Crippen LogP contribution in [0.25, 0.3) is 0 Å². The van der Waals surface area contributed by atoms with Crippen molar-refractivity contribution in [3.8, 4) is 0 Å². The van der Waals surface area contributed by atoms with Crippen molar-refractivity contribution in [2.75, 3.05) is 31.9 Å². The summed E-state index contributed by atoms with van der Waals surface area (Å²) in [4.78, 5) is 0. The summed E-state index contributed by atoms with van der Waals surface area (Å²) in [6.45, 7) is 15.4. The Morgan fingerprint density at radius 2 is 1.07 bits per heavy atom. The first-order valence-electron chi connectivity index (χ1n) is 13.2. The van der Waals surface area contributed by atoms with Crippen LogP contribution < -0.4 is 4.72 Å². The number of hydrogen-bond acceptors (Lipinski definition) is 2. The predicted octanol–water partition coefficient (Wildman–Crippen LogP) is 6.65. The minimum Gasteiger partial charge on any atom is -0.324 e. The van der Waals surface area contributed by atoms with Gasteiger partial charge in [-0.05, 0) is 34.1 Å². The monoisotopic (exact) mass is 447 g/mol. The molecule has 0 aromatic heterocycles. The summed E-state index contributed by atoms with van der Waals surface area (Å²) in [6, 6.07) is 0.0270. The lowest BCUT2D eigenvalue weighted by Gasteiger charge is -2.36. The molecule has 1 unspecified atom stereocenters. The van der Waals surface area contributed by atoms with E-state index in [9.17, 15) is 8.42 Å². The highest BCUT2D eigenvalue weighted by Gasteiger charge is 2.23. The molecule has 1 N–H and O–H groups in total. The molecular formula is C25H55N2O2S+. The minimum atomic E-state index is -3.14. The van der Waals surface area contributed by atoms with Gasteiger partial charge >= 0.3 is 0 Å². The molecule has 0 spiro atoms. The van der Waals surface area contributed by atoms with Crippen molar-refractivity contribution in [2.24, 2.45) is 0 Å². The second-order valence-corrected chi connectivity index (χ2v) is 11.3. The first kappa shape index (κ1) is 29.9. The molecule has 0 rings (SSSR count). The van der Waals surface area contributed by atoms with Gasteiger partial charge in [0.15, 0.2) is 0 Å². The van der Waals surface area contributed by atoms with Gasteiger partial charge in [-0.25, -0.2) is 13.1 Å². The topological polar surface area (TPSA) is 46.2 Å². The van der Waals surface area contributed by atoms with Crippen molar-refractivity contribution in [3.05, 3.63) is 0 Å². The van der Waals surface area contributed by atoms with E-state index in [-0.39, 0.29) is 11.8 Å². The Kier molecular flexibility index (Phi) is 18.4. The molecule has 0 bridgehead atoms. The summed E-state index contributed by atoms with van der Waals surface area (Å²) in [6.07, 6.45) is 17.5. The van der Waals surface area contributed by atoms with Gasteiger partial charge in [-0.3, -0.25) is 0 Å². The molecular weight excluding hydrogens is 392 g/mol. The van der Waals surface area contributed by atoms with Crippen LogP contribution in [-0.2, 0) is 10.0 Å². The maximum Gasteiger partial charge on any atom is 0.211 e. The summed E-state index contributed by atoms with van der Waals surface area (Å²) < 4.78 is 28.7. The quantitative estimate of drug-likeness (QED) is 0.149. The van der Waals surface area contributed by atoms with Crippen molar-refractivity contribution in [1.82, 2.24) is 4.72 Å². The number of quaternary nitrogens is 1. The highest BCUT2D eigenvalue weighted by molar-refractivity contribution is 7.89. The van der Waals surface area contributed by atoms with Gasteiger partial charge in [-0.1, -0.05) is 84.0 Å². The molecule has 0 heterocycles. The normalized spacial score (nSPS) is 13.6. The summed E-state index contributed by atoms with van der Waals surface area (Å²) in [7, 11) is -3.14. The van der Waals surface area contributed by atoms with Crippen LogP contribution in [0.1, 0.15) is 125 Å². The molecule has 0 aliphatic rings. The molecule has 0 radical (unpaired) electrons. The van der Waals surface area contributed by atoms with Crippen molar-refractivity contribution in [2.45, 2.75) is 131 Å². The summed E-state index contributed by atoms with van der Waals surface area (Å²) in [5, 5.41) is 0. The molecule has 0 saturated heterocycles. The average molecular weight is 448 g/mol. The van der Waals surface area contributed by atoms with Crippen LogP contribution in [0.15, 0.2) is 0 Å². The largest absolute Gasteiger partial charge is 0.324 e. The Labute approximate surface area is 190 Å². The summed E-state index contributed by atoms with van der Waals surface area (Å²) in [5.41, 5.74) is 0. The lowest BCUT2D eigenvalue weighted by atomic mass is 10.1. The van der Waals surface area contributed by atoms with Crippen LogP contribution >= 0.6 is 0 Å². The molecule has 0 fully saturated rings. The van der Waals surface area contributed by atoms with E-state index in [4.69, 9.17) is 0 Å². The van der Waals surface area contributed by atoms with Crippen LogP contribution in [0.4, 0.5) is 0 Å². The van der Waals surface area contributed by atoms with E-state index in [1.54, 1.807) is 0 Å². The third kappa shape index (κ3) is 15.6. The molecule has 0 aliphatic heterocycles. The molecule has 0 aliphatic carbocycles. The zero-order valence-corrected chi connectivity index (χ0v) is 22.0. The van der Waals surface area contributed by atoms with Crippen molar-refractivity contribution < 1.29 is 12.9 Å². The maximum absolute atomic E-state index is 12.4. The fourth-order valence-electron chi connectivity index (χ4n) is 4.35. The summed E-state index contributed by atoms with van der Waals surface area (Å²) >= 11 is 0. The van der Waals surface area contributed by atoms with Crippen LogP contribution in [-0.4, -0.2) is 50.9 Å². The number of nitrogens with zero attached hydrogens (tertiary/aromatic N) is 1. The van der Waals surface area contributed by atoms with Gasteiger partial charge in [-0.15, -0.1) is 0 Å². The zero-order chi connectivity index (χ0) is 22.7. The van der Waals surface area contributed by atoms with E-state index in [1.807, 2.05) is 6.92 Å². The number of unbranched alkanes of at least 4 members (excludes halogenated alkanes) is 12. The van der Waals surface area contributed by atoms with Gasteiger partial charge in [0.25, 0.3) is 0 Å². The van der Waals surface area contributed by atoms with E-state index < -0.39 is 10.0 Å². The SMILES string of the molecule is CCCCCCCCCCCCCCCS(=O)(=O)NC(C)CC[N+](CC)(CC)CC. The molecule has 0 aromatic rings. The third-order valence-corrected chi connectivity index (χ3v) is 8.53. The average Bonchev–Trinajstić information content (AvgIpc) is 2.72. The van der Waals surface area contributed by atoms with E-state index in [2.05, 4.69) is 32.4 Å². The standard InChI is InChI=1S/C25H55N2O2S/c1-6-10-11-12-13-14-15-16-17-18-19-20-21-24-30(28,29)26-25(5)22-23-27(7-2,8-3)9-4/h25-26H,6-24H2,1-5H3/q+1. The zero-order valence-electron chi connectivity index (χ0n) is 21.2. The molecule has 0 saturated carbocycles. The Bertz CT molecular complexity index is 467. The molecule has 4 nitrogen and oxygen atoms in total. The number of sulfonamides is 1. The Balaban J connectivity index is 3.73. The second-order valence-electron chi connectivity index (χ2n) is 9.38. The van der Waals surface area contributed by atoms with Gasteiger partial charge in [0.05, 0.1) is 31.9 Å². The van der Waals surface area contributed by atoms with E-state index in [0.717, 1.165) is 49.9 Å². The van der Waals surface area contributed by atoms with Gasteiger partial charge in [0.2, 0.25) is 10.0 Å². The lowest BCUT2D eigenvalue weighted by molar-refractivity contribution is -0.923. The molecule has 0 amide bonds. The fraction of sp³-hybridized carbons (Fsp3) is 1.00. The van der Waals surface area contributed by atoms with E-state index in [1.165, 1.54) is 70.6 Å². The third-order valence-electron chi connectivity index (χ3n) is 6.95. The maximum atomic E-state index is 12.4. The van der Waals surface area contributed by atoms with Crippen molar-refractivity contribution in [3.63, 3.8) is 0 Å². The van der Waals surface area contributed by atoms with Gasteiger partial charge in [0.1, 0.15) is 0 Å². The Morgan fingerprint density at radius 1 is 0.667 bits per heavy atom. The van der Waals surface area contributed by atoms with E-state index in [0.29, 0.717) is 0 Å². The second kappa shape index (κ2) is 18.4. The first-order valence-corrected chi connectivity index (χ1v) is 14.8. The molecule has 1 atom stereocenters. The number of hydrogen-bond donors (Lipinski definition) is 1. The molecule has 30 heavy (non-hydrogen) atoms. The highest BCUT2D eigenvalue weighted by Crippen LogP contribution is 2.13. The Morgan fingerprint density at radius 3 is 1.47 bits per heavy atom. The van der Waals surface area contributed by atoms with Crippen LogP contribution in [0.2, 0.25) is 0 Å². The van der Waals surface area contributed by atoms with Gasteiger partial charge in [0, 0.05) is 12.5 Å². The highest BCUT2D eigenvalue weighted by atomic mass is 32.2. The number of rotatable bonds is 22. The van der Waals surface area contributed by atoms with Gasteiger partial charge < -0.3 is 4.48 Å². The van der Waals surface area contributed by atoms with E-state index >= 15 is 0 Å². The Hall–Kier alpha value is -0.130. The lowest BCUT2D eigenvalue weighted by Crippen LogP contribution is -2.50. The molecule has 0 aromatic carbocycles. The summed E-state index contributed by atoms with van der Waals surface area (Å²) in [5.74, 6) is 0.282. The number of nitrogens with one attached hydrogen (secondary N) is 1. The van der Waals surface area contributed by atoms with Crippen LogP contribution in [0.5, 0.6) is 0 Å². The van der Waals surface area contributed by atoms with Crippen molar-refractivity contribution >= 4 is 10.0 Å². The molecule has 182 valence electrons. The smallest absolute Gasteiger partial charge is 0.211 e. The van der Waals surface area contributed by atoms with Crippen molar-refractivity contribution in [1.29, 1.82) is 0 Å². The van der Waals surface area contributed by atoms with Crippen LogP contribution in [0, 0.1) is 0 Å². The predicted molar refractivity (Wildman–Crippen MR) is 133 cm³/mol. The molecule has 5 heteroatoms. The fourth-order valence-corrected chi connectivity index (χ4v) is 5.78. The van der Waals surface area contributed by atoms with Crippen LogP contribution in [0.3, 0.4) is 0 Å². The van der Waals surface area contributed by atoms with Gasteiger partial charge in [-0.2, -0.15) is 0 Å². The minimum absolute atomic E-state index is 0.0270.